The van der Waals surface area contributed by atoms with Crippen LogP contribution >= 0.6 is 0 Å². The van der Waals surface area contributed by atoms with Crippen LogP contribution in [0.15, 0.2) is 6.20 Å². The summed E-state index contributed by atoms with van der Waals surface area (Å²) in [5, 5.41) is 7.00. The number of hydrogen-bond acceptors (Lipinski definition) is 3. The van der Waals surface area contributed by atoms with E-state index in [-0.39, 0.29) is 12.0 Å². The van der Waals surface area contributed by atoms with Gasteiger partial charge < -0.3 is 10.1 Å². The maximum Gasteiger partial charge on any atom is 0.249 e. The fraction of sp³-hybridized carbons (Fsp3) is 0.636. The first-order valence-corrected chi connectivity index (χ1v) is 5.55. The van der Waals surface area contributed by atoms with Crippen molar-refractivity contribution in [2.75, 3.05) is 6.61 Å². The highest BCUT2D eigenvalue weighted by Crippen LogP contribution is 2.12. The average molecular weight is 223 g/mol. The monoisotopic (exact) mass is 223 g/mol. The van der Waals surface area contributed by atoms with Crippen LogP contribution in [-0.4, -0.2) is 28.4 Å². The quantitative estimate of drug-likeness (QED) is 0.813. The van der Waals surface area contributed by atoms with Crippen molar-refractivity contribution in [3.8, 4) is 0 Å². The fourth-order valence-electron chi connectivity index (χ4n) is 1.80. The molecule has 0 aliphatic carbocycles. The van der Waals surface area contributed by atoms with E-state index >= 15 is 0 Å². The van der Waals surface area contributed by atoms with Crippen molar-refractivity contribution in [2.45, 2.75) is 32.4 Å². The summed E-state index contributed by atoms with van der Waals surface area (Å²) in [6.45, 7) is 3.21. The van der Waals surface area contributed by atoms with Crippen LogP contribution in [0.4, 0.5) is 0 Å². The van der Waals surface area contributed by atoms with Crippen LogP contribution < -0.4 is 5.32 Å². The molecule has 16 heavy (non-hydrogen) atoms. The summed E-state index contributed by atoms with van der Waals surface area (Å²) >= 11 is 0. The molecule has 2 rings (SSSR count). The number of hydrogen-bond donors (Lipinski definition) is 1. The van der Waals surface area contributed by atoms with E-state index in [1.807, 2.05) is 14.0 Å². The van der Waals surface area contributed by atoms with Crippen LogP contribution in [0.1, 0.15) is 24.1 Å². The largest absolute Gasteiger partial charge is 0.368 e. The Hall–Kier alpha value is -1.36. The Morgan fingerprint density at radius 3 is 3.12 bits per heavy atom. The summed E-state index contributed by atoms with van der Waals surface area (Å²) in [5.74, 6) is -0.0132. The number of ether oxygens (including phenoxy) is 1. The number of aryl methyl sites for hydroxylation is 1. The third-order valence-corrected chi connectivity index (χ3v) is 3.01. The number of amides is 1. The smallest absolute Gasteiger partial charge is 0.249 e. The molecule has 1 aliphatic heterocycles. The second kappa shape index (κ2) is 4.65. The van der Waals surface area contributed by atoms with Crippen LogP contribution in [0.5, 0.6) is 0 Å². The highest BCUT2D eigenvalue weighted by Gasteiger charge is 2.23. The first-order chi connectivity index (χ1) is 7.68. The molecule has 1 saturated heterocycles. The van der Waals surface area contributed by atoms with Gasteiger partial charge in [0.1, 0.15) is 6.10 Å². The Labute approximate surface area is 94.8 Å². The Kier molecular flexibility index (Phi) is 3.24. The maximum atomic E-state index is 11.7. The molecule has 1 atom stereocenters. The van der Waals surface area contributed by atoms with Crippen molar-refractivity contribution < 1.29 is 9.53 Å². The SMILES string of the molecule is Cc1c(CNC(=O)[C@H]2CCCO2)cnn1C. The zero-order chi connectivity index (χ0) is 11.5. The van der Waals surface area contributed by atoms with Crippen molar-refractivity contribution in [1.29, 1.82) is 0 Å². The van der Waals surface area contributed by atoms with E-state index in [9.17, 15) is 4.79 Å². The second-order valence-corrected chi connectivity index (χ2v) is 4.10. The van der Waals surface area contributed by atoms with Crippen LogP contribution in [0.3, 0.4) is 0 Å². The predicted molar refractivity (Wildman–Crippen MR) is 58.8 cm³/mol. The molecule has 0 spiro atoms. The zero-order valence-corrected chi connectivity index (χ0v) is 9.69. The third-order valence-electron chi connectivity index (χ3n) is 3.01. The van der Waals surface area contributed by atoms with E-state index < -0.39 is 0 Å². The second-order valence-electron chi connectivity index (χ2n) is 4.10. The molecular weight excluding hydrogens is 206 g/mol. The molecule has 88 valence electrons. The van der Waals surface area contributed by atoms with Gasteiger partial charge in [-0.05, 0) is 19.8 Å². The van der Waals surface area contributed by atoms with Gasteiger partial charge in [0, 0.05) is 31.5 Å². The lowest BCUT2D eigenvalue weighted by atomic mass is 10.2. The molecule has 5 nitrogen and oxygen atoms in total. The van der Waals surface area contributed by atoms with Gasteiger partial charge in [0.05, 0.1) is 6.20 Å². The van der Waals surface area contributed by atoms with Gasteiger partial charge in [-0.15, -0.1) is 0 Å². The van der Waals surface area contributed by atoms with Crippen LogP contribution in [0.25, 0.3) is 0 Å². The Morgan fingerprint density at radius 1 is 1.75 bits per heavy atom. The Balaban J connectivity index is 1.87. The van der Waals surface area contributed by atoms with Gasteiger partial charge in [-0.25, -0.2) is 0 Å². The van der Waals surface area contributed by atoms with E-state index in [0.29, 0.717) is 13.2 Å². The number of carbonyl (C=O) groups excluding carboxylic acids is 1. The lowest BCUT2D eigenvalue weighted by molar-refractivity contribution is -0.130. The van der Waals surface area contributed by atoms with Gasteiger partial charge in [0.25, 0.3) is 0 Å². The van der Waals surface area contributed by atoms with Crippen molar-refractivity contribution in [3.63, 3.8) is 0 Å². The summed E-state index contributed by atoms with van der Waals surface area (Å²) < 4.78 is 7.10. The van der Waals surface area contributed by atoms with Crippen LogP contribution in [0.2, 0.25) is 0 Å². The first kappa shape index (κ1) is 11.1. The predicted octanol–water partition coefficient (Wildman–Crippen LogP) is 0.524. The van der Waals surface area contributed by atoms with Gasteiger partial charge in [-0.2, -0.15) is 5.10 Å². The van der Waals surface area contributed by atoms with Crippen molar-refractivity contribution in [3.05, 3.63) is 17.5 Å². The summed E-state index contributed by atoms with van der Waals surface area (Å²) in [7, 11) is 1.89. The topological polar surface area (TPSA) is 56.1 Å². The van der Waals surface area contributed by atoms with Gasteiger partial charge in [-0.3, -0.25) is 9.48 Å². The summed E-state index contributed by atoms with van der Waals surface area (Å²) in [5.41, 5.74) is 2.13. The number of carbonyl (C=O) groups is 1. The molecule has 1 amide bonds. The molecule has 5 heteroatoms. The minimum atomic E-state index is -0.253. The van der Waals surface area contributed by atoms with Crippen molar-refractivity contribution in [1.82, 2.24) is 15.1 Å². The van der Waals surface area contributed by atoms with E-state index in [2.05, 4.69) is 10.4 Å². The number of aromatic nitrogens is 2. The summed E-state index contributed by atoms with van der Waals surface area (Å²) in [6.07, 6.45) is 3.34. The molecule has 1 fully saturated rings. The van der Waals surface area contributed by atoms with Gasteiger partial charge in [0.2, 0.25) is 5.91 Å². The maximum absolute atomic E-state index is 11.7. The van der Waals surface area contributed by atoms with Crippen LogP contribution in [0, 0.1) is 6.92 Å². The average Bonchev–Trinajstić information content (AvgIpc) is 2.89. The Morgan fingerprint density at radius 2 is 2.56 bits per heavy atom. The molecular formula is C11H17N3O2. The van der Waals surface area contributed by atoms with Crippen LogP contribution in [-0.2, 0) is 23.1 Å². The van der Waals surface area contributed by atoms with E-state index in [0.717, 1.165) is 24.1 Å². The van der Waals surface area contributed by atoms with E-state index in [1.165, 1.54) is 0 Å². The highest BCUT2D eigenvalue weighted by molar-refractivity contribution is 5.80. The molecule has 1 aromatic heterocycles. The van der Waals surface area contributed by atoms with Gasteiger partial charge in [-0.1, -0.05) is 0 Å². The Bertz CT molecular complexity index is 381. The lowest BCUT2D eigenvalue weighted by Crippen LogP contribution is -2.33. The molecule has 1 N–H and O–H groups in total. The first-order valence-electron chi connectivity index (χ1n) is 5.55. The minimum absolute atomic E-state index is 0.0132. The number of nitrogens with one attached hydrogen (secondary N) is 1. The molecule has 1 aliphatic rings. The normalized spacial score (nSPS) is 20.0. The molecule has 0 unspecified atom stereocenters. The number of rotatable bonds is 3. The van der Waals surface area contributed by atoms with Crippen molar-refractivity contribution in [2.24, 2.45) is 7.05 Å². The zero-order valence-electron chi connectivity index (χ0n) is 9.69. The molecule has 2 heterocycles. The van der Waals surface area contributed by atoms with Gasteiger partial charge >= 0.3 is 0 Å². The van der Waals surface area contributed by atoms with Crippen molar-refractivity contribution >= 4 is 5.91 Å². The molecule has 0 bridgehead atoms. The fourth-order valence-corrected chi connectivity index (χ4v) is 1.80. The van der Waals surface area contributed by atoms with E-state index in [4.69, 9.17) is 4.74 Å². The standard InChI is InChI=1S/C11H17N3O2/c1-8-9(7-13-14(8)2)6-12-11(15)10-4-3-5-16-10/h7,10H,3-6H2,1-2H3,(H,12,15)/t10-/m1/s1. The minimum Gasteiger partial charge on any atom is -0.368 e. The highest BCUT2D eigenvalue weighted by atomic mass is 16.5. The molecule has 0 saturated carbocycles. The third kappa shape index (κ3) is 2.24. The molecule has 0 radical (unpaired) electrons. The molecule has 0 aromatic carbocycles. The lowest BCUT2D eigenvalue weighted by Gasteiger charge is -2.09. The van der Waals surface area contributed by atoms with Gasteiger partial charge in [0.15, 0.2) is 0 Å². The molecule has 1 aromatic rings. The summed E-state index contributed by atoms with van der Waals surface area (Å²) in [4.78, 5) is 11.7. The summed E-state index contributed by atoms with van der Waals surface area (Å²) in [6, 6.07) is 0. The van der Waals surface area contributed by atoms with E-state index in [1.54, 1.807) is 10.9 Å². The number of nitrogens with zero attached hydrogens (tertiary/aromatic N) is 2.